The monoisotopic (exact) mass is 821 g/mol. The predicted octanol–water partition coefficient (Wildman–Crippen LogP) is 9.69. The Kier molecular flexibility index (Phi) is 35.9. The maximum absolute atomic E-state index is 12.6. The predicted molar refractivity (Wildman–Crippen MR) is 227 cm³/mol. The molecule has 0 bridgehead atoms. The van der Waals surface area contributed by atoms with Crippen LogP contribution in [0.1, 0.15) is 136 Å². The van der Waals surface area contributed by atoms with Crippen LogP contribution in [0.4, 0.5) is 0 Å². The summed E-state index contributed by atoms with van der Waals surface area (Å²) in [6, 6.07) is -1.55. The number of unbranched alkanes of at least 4 members (excludes halogenated alkanes) is 9. The van der Waals surface area contributed by atoms with Gasteiger partial charge in [-0.3, -0.25) is 23.4 Å². The minimum Gasteiger partial charge on any atom is -0.480 e. The molecule has 57 heavy (non-hydrogen) atoms. The number of rotatable bonds is 37. The first kappa shape index (κ1) is 53.6. The Morgan fingerprint density at radius 1 is 0.649 bits per heavy atom. The Labute approximate surface area is 342 Å². The minimum atomic E-state index is -4.75. The van der Waals surface area contributed by atoms with Gasteiger partial charge in [0.05, 0.1) is 19.3 Å². The highest BCUT2D eigenvalue weighted by molar-refractivity contribution is 7.47. The van der Waals surface area contributed by atoms with Crippen LogP contribution >= 0.6 is 7.82 Å². The third-order valence-electron chi connectivity index (χ3n) is 8.21. The standard InChI is InChI=1S/C44H72NO11P/c1-3-5-7-9-11-12-13-14-15-16-17-18-22-26-30-34-42(47)53-36-40(37-54-57(51,52)55-38-41(45)44(49)50)56-43(48)35-31-27-23-20-19-21-25-29-33-39(46)32-28-24-10-8-6-4-2/h6,8,11-12,14-15,20-21,23-25,28-29,33,39-41,46H,3-5,7,9-10,13,16-19,22,26-27,30-32,34-38,45H2,1-2H3,(H,49,50)(H,51,52)/b8-6-,12-11-,15-14-,23-20-,25-21-,28-24-,33-29+/t39?,40-,41+/m1/s1. The lowest BCUT2D eigenvalue weighted by atomic mass is 10.1. The second-order valence-corrected chi connectivity index (χ2v) is 15.0. The number of phosphoric ester groups is 1. The number of phosphoric acid groups is 1. The minimum absolute atomic E-state index is 0.0430. The van der Waals surface area contributed by atoms with Crippen LogP contribution in [-0.4, -0.2) is 71.1 Å². The van der Waals surface area contributed by atoms with Gasteiger partial charge < -0.3 is 30.3 Å². The van der Waals surface area contributed by atoms with Gasteiger partial charge in [0, 0.05) is 12.8 Å². The summed E-state index contributed by atoms with van der Waals surface area (Å²) in [4.78, 5) is 45.9. The number of aliphatic carboxylic acids is 1. The molecule has 324 valence electrons. The topological polar surface area (TPSA) is 192 Å². The van der Waals surface area contributed by atoms with E-state index in [1.807, 2.05) is 36.5 Å². The molecule has 0 aliphatic carbocycles. The van der Waals surface area contributed by atoms with E-state index in [1.165, 1.54) is 19.3 Å². The van der Waals surface area contributed by atoms with Crippen molar-refractivity contribution in [2.45, 2.75) is 154 Å². The van der Waals surface area contributed by atoms with Crippen LogP contribution in [0.3, 0.4) is 0 Å². The second kappa shape index (κ2) is 38.2. The van der Waals surface area contributed by atoms with Gasteiger partial charge in [-0.15, -0.1) is 0 Å². The number of carboxylic acid groups (broad SMARTS) is 1. The summed E-state index contributed by atoms with van der Waals surface area (Å²) in [5.41, 5.74) is 5.32. The van der Waals surface area contributed by atoms with Gasteiger partial charge in [0.1, 0.15) is 12.6 Å². The third-order valence-corrected chi connectivity index (χ3v) is 9.16. The van der Waals surface area contributed by atoms with E-state index in [0.29, 0.717) is 32.1 Å². The number of hydrogen-bond acceptors (Lipinski definition) is 10. The first-order valence-corrected chi connectivity index (χ1v) is 22.2. The van der Waals surface area contributed by atoms with E-state index in [4.69, 9.17) is 24.8 Å². The second-order valence-electron chi connectivity index (χ2n) is 13.6. The maximum atomic E-state index is 12.6. The SMILES string of the molecule is CC/C=C\C/C=C\CC(O)/C=C/C=C\C/C=C\CCCC(=O)O[C@H](COC(=O)CCCCCCC/C=C\C/C=C\CCCCC)COP(=O)(O)OC[C@H](N)C(=O)O. The summed E-state index contributed by atoms with van der Waals surface area (Å²) in [7, 11) is -4.75. The fourth-order valence-corrected chi connectivity index (χ4v) is 5.70. The van der Waals surface area contributed by atoms with Crippen LogP contribution in [0.15, 0.2) is 85.1 Å². The number of aliphatic hydroxyl groups excluding tert-OH is 1. The molecule has 5 N–H and O–H groups in total. The summed E-state index contributed by atoms with van der Waals surface area (Å²) in [5, 5.41) is 18.9. The lowest BCUT2D eigenvalue weighted by Gasteiger charge is -2.20. The van der Waals surface area contributed by atoms with Crippen molar-refractivity contribution >= 4 is 25.7 Å². The van der Waals surface area contributed by atoms with Crippen molar-refractivity contribution in [3.05, 3.63) is 85.1 Å². The fraction of sp³-hybridized carbons (Fsp3) is 0.614. The lowest BCUT2D eigenvalue weighted by Crippen LogP contribution is -2.34. The molecule has 2 unspecified atom stereocenters. The highest BCUT2D eigenvalue weighted by Crippen LogP contribution is 2.43. The van der Waals surface area contributed by atoms with Crippen molar-refractivity contribution in [2.24, 2.45) is 5.73 Å². The van der Waals surface area contributed by atoms with E-state index in [-0.39, 0.29) is 12.8 Å². The Hall–Kier alpha value is -3.38. The van der Waals surface area contributed by atoms with Crippen LogP contribution in [0.5, 0.6) is 0 Å². The molecule has 0 radical (unpaired) electrons. The number of carbonyl (C=O) groups is 3. The van der Waals surface area contributed by atoms with Gasteiger partial charge in [0.25, 0.3) is 0 Å². The van der Waals surface area contributed by atoms with E-state index >= 15 is 0 Å². The molecule has 0 saturated heterocycles. The van der Waals surface area contributed by atoms with Crippen LogP contribution in [0.2, 0.25) is 0 Å². The van der Waals surface area contributed by atoms with E-state index in [1.54, 1.807) is 12.2 Å². The number of nitrogens with two attached hydrogens (primary N) is 1. The summed E-state index contributed by atoms with van der Waals surface area (Å²) < 4.78 is 32.5. The van der Waals surface area contributed by atoms with E-state index in [0.717, 1.165) is 57.8 Å². The van der Waals surface area contributed by atoms with Crippen LogP contribution in [0.25, 0.3) is 0 Å². The molecule has 0 saturated carbocycles. The molecule has 0 aromatic heterocycles. The average molecular weight is 822 g/mol. The lowest BCUT2D eigenvalue weighted by molar-refractivity contribution is -0.161. The molecule has 0 rings (SSSR count). The molecular formula is C44H72NO11P. The highest BCUT2D eigenvalue weighted by atomic mass is 31.2. The molecular weight excluding hydrogens is 749 g/mol. The smallest absolute Gasteiger partial charge is 0.472 e. The Morgan fingerprint density at radius 2 is 1.21 bits per heavy atom. The van der Waals surface area contributed by atoms with Gasteiger partial charge in [-0.05, 0) is 77.0 Å². The van der Waals surface area contributed by atoms with Crippen LogP contribution in [0, 0.1) is 0 Å². The van der Waals surface area contributed by atoms with Gasteiger partial charge in [-0.1, -0.05) is 131 Å². The van der Waals surface area contributed by atoms with Gasteiger partial charge in [0.2, 0.25) is 0 Å². The van der Waals surface area contributed by atoms with Crippen molar-refractivity contribution in [3.8, 4) is 0 Å². The van der Waals surface area contributed by atoms with Crippen molar-refractivity contribution in [3.63, 3.8) is 0 Å². The average Bonchev–Trinajstić information content (AvgIpc) is 3.18. The molecule has 0 fully saturated rings. The molecule has 0 aromatic rings. The van der Waals surface area contributed by atoms with Crippen molar-refractivity contribution < 1.29 is 52.6 Å². The number of aliphatic hydroxyl groups is 1. The van der Waals surface area contributed by atoms with Crippen molar-refractivity contribution in [1.82, 2.24) is 0 Å². The zero-order chi connectivity index (χ0) is 42.2. The van der Waals surface area contributed by atoms with Gasteiger partial charge in [0.15, 0.2) is 6.10 Å². The van der Waals surface area contributed by atoms with Gasteiger partial charge in [-0.25, -0.2) is 4.57 Å². The molecule has 4 atom stereocenters. The Balaban J connectivity index is 4.61. The first-order valence-electron chi connectivity index (χ1n) is 20.7. The summed E-state index contributed by atoms with van der Waals surface area (Å²) in [5.74, 6) is -2.53. The summed E-state index contributed by atoms with van der Waals surface area (Å²) in [6.45, 7) is 2.48. The Morgan fingerprint density at radius 3 is 1.88 bits per heavy atom. The molecule has 13 heteroatoms. The molecule has 0 aliphatic rings. The van der Waals surface area contributed by atoms with Crippen molar-refractivity contribution in [1.29, 1.82) is 0 Å². The zero-order valence-electron chi connectivity index (χ0n) is 34.5. The maximum Gasteiger partial charge on any atom is 0.472 e. The normalized spacial score (nSPS) is 15.2. The number of allylic oxidation sites excluding steroid dienone is 12. The number of carboxylic acids is 1. The third kappa shape index (κ3) is 37.9. The van der Waals surface area contributed by atoms with Crippen LogP contribution in [-0.2, 0) is 37.5 Å². The largest absolute Gasteiger partial charge is 0.480 e. The first-order chi connectivity index (χ1) is 27.5. The molecule has 0 aromatic carbocycles. The zero-order valence-corrected chi connectivity index (χ0v) is 35.4. The quantitative estimate of drug-likeness (QED) is 0.0153. The van der Waals surface area contributed by atoms with Crippen molar-refractivity contribution in [2.75, 3.05) is 19.8 Å². The highest BCUT2D eigenvalue weighted by Gasteiger charge is 2.28. The molecule has 0 amide bonds. The number of carbonyl (C=O) groups excluding carboxylic acids is 2. The van der Waals surface area contributed by atoms with E-state index in [9.17, 15) is 28.9 Å². The summed E-state index contributed by atoms with van der Waals surface area (Å²) in [6.07, 6.45) is 42.6. The summed E-state index contributed by atoms with van der Waals surface area (Å²) >= 11 is 0. The van der Waals surface area contributed by atoms with Gasteiger partial charge in [-0.2, -0.15) is 0 Å². The van der Waals surface area contributed by atoms with Crippen LogP contribution < -0.4 is 5.73 Å². The number of ether oxygens (including phenoxy) is 2. The Bertz CT molecular complexity index is 1300. The number of hydrogen-bond donors (Lipinski definition) is 4. The van der Waals surface area contributed by atoms with E-state index < -0.39 is 63.8 Å². The number of esters is 2. The molecule has 0 aliphatic heterocycles. The molecule has 0 heterocycles. The van der Waals surface area contributed by atoms with Gasteiger partial charge >= 0.3 is 25.7 Å². The molecule has 12 nitrogen and oxygen atoms in total. The fourth-order valence-electron chi connectivity index (χ4n) is 4.92. The van der Waals surface area contributed by atoms with E-state index in [2.05, 4.69) is 54.8 Å². The molecule has 0 spiro atoms.